The highest BCUT2D eigenvalue weighted by Crippen LogP contribution is 2.35. The van der Waals surface area contributed by atoms with Gasteiger partial charge in [0, 0.05) is 0 Å². The lowest BCUT2D eigenvalue weighted by molar-refractivity contribution is -0.392. The van der Waals surface area contributed by atoms with Crippen molar-refractivity contribution in [3.05, 3.63) is 0 Å². The molecular formula is C30H52O26. The van der Waals surface area contributed by atoms with E-state index in [1.54, 1.807) is 0 Å². The number of hydrogen-bond acceptors (Lipinski definition) is 26. The topological polar surface area (TPSA) is 427 Å². The van der Waals surface area contributed by atoms with Gasteiger partial charge in [0.25, 0.3) is 0 Å². The van der Waals surface area contributed by atoms with Gasteiger partial charge in [0.05, 0.1) is 33.0 Å². The molecule has 0 amide bonds. The van der Waals surface area contributed by atoms with Crippen molar-refractivity contribution in [3.8, 4) is 0 Å². The van der Waals surface area contributed by atoms with Crippen LogP contribution < -0.4 is 0 Å². The second kappa shape index (κ2) is 19.6. The number of aliphatic hydroxyl groups excluding tert-OH is 17. The standard InChI is InChI=1S/C30H52O26/c31-1-6-11(36)12(37)18(43)27(49-6)54-23-8(3-33)51-29(20(45)14(23)39)56-25-10(5-35)52-30(21(46)16(25)41)55-24-9(4-34)50-28(19(44)15(24)40)53-22-7(2-32)48-26(47)17(42)13(22)38/h6-47H,1-5H2/t6-,7-,8-,9-,10-,11-,12+,13-,14-,15-,16-,17-,18-,19-,20-,21-,22-,23-,24-,25?,26-,27+,28+,29+,30+/m1/s1. The van der Waals surface area contributed by atoms with Gasteiger partial charge >= 0.3 is 0 Å². The fourth-order valence-corrected chi connectivity index (χ4v) is 7.03. The van der Waals surface area contributed by atoms with E-state index in [4.69, 9.17) is 42.6 Å². The van der Waals surface area contributed by atoms with E-state index < -0.39 is 187 Å². The zero-order valence-corrected chi connectivity index (χ0v) is 29.2. The molecule has 0 aromatic carbocycles. The summed E-state index contributed by atoms with van der Waals surface area (Å²) >= 11 is 0. The minimum atomic E-state index is -2.12. The Morgan fingerprint density at radius 1 is 0.268 bits per heavy atom. The third-order valence-corrected chi connectivity index (χ3v) is 10.3. The summed E-state index contributed by atoms with van der Waals surface area (Å²) in [6.45, 7) is -4.51. The van der Waals surface area contributed by atoms with Crippen LogP contribution in [0.1, 0.15) is 0 Å². The average molecular weight is 829 g/mol. The lowest BCUT2D eigenvalue weighted by Crippen LogP contribution is -2.68. The van der Waals surface area contributed by atoms with E-state index in [0.29, 0.717) is 0 Å². The van der Waals surface area contributed by atoms with Crippen molar-refractivity contribution in [1.29, 1.82) is 0 Å². The first-order valence-corrected chi connectivity index (χ1v) is 17.6. The summed E-state index contributed by atoms with van der Waals surface area (Å²) < 4.78 is 49.1. The molecule has 0 saturated carbocycles. The van der Waals surface area contributed by atoms with Crippen LogP contribution >= 0.6 is 0 Å². The van der Waals surface area contributed by atoms with Gasteiger partial charge < -0.3 is 129 Å². The molecule has 0 aromatic rings. The number of rotatable bonds is 13. The third kappa shape index (κ3) is 9.16. The van der Waals surface area contributed by atoms with Crippen LogP contribution in [0, 0.1) is 0 Å². The van der Waals surface area contributed by atoms with E-state index in [1.165, 1.54) is 0 Å². The Hall–Kier alpha value is -1.04. The molecule has 1 unspecified atom stereocenters. The van der Waals surface area contributed by atoms with E-state index in [2.05, 4.69) is 0 Å². The summed E-state index contributed by atoms with van der Waals surface area (Å²) in [5.41, 5.74) is 0. The maximum absolute atomic E-state index is 11.1. The second-order valence-corrected chi connectivity index (χ2v) is 13.9. The fraction of sp³-hybridized carbons (Fsp3) is 1.00. The lowest BCUT2D eigenvalue weighted by Gasteiger charge is -2.49. The third-order valence-electron chi connectivity index (χ3n) is 10.3. The van der Waals surface area contributed by atoms with Crippen molar-refractivity contribution in [2.75, 3.05) is 33.0 Å². The van der Waals surface area contributed by atoms with Crippen LogP contribution in [0.25, 0.3) is 0 Å². The molecule has 0 bridgehead atoms. The SMILES string of the molecule is OC[C@H]1O[C@@H](O[C@H]2[C@H](O)[C@@H](O)[C@H](O[C@H]3[C@H](O)[C@@H](O)[C@H](O)O[C@@H]3CO)O[C@@H]2CO)[C@H](O)[C@@H](O)C1O[C@@H]1O[C@H](CO)[C@@H](O[C@@H]2O[C@H](CO)[C@@H](O)[C@H](O)[C@H]2O)[C@H](O)[C@H]1O. The normalized spacial score (nSPS) is 53.2. The van der Waals surface area contributed by atoms with E-state index >= 15 is 0 Å². The Bertz CT molecular complexity index is 1200. The summed E-state index contributed by atoms with van der Waals surface area (Å²) in [6, 6.07) is 0. The predicted molar refractivity (Wildman–Crippen MR) is 167 cm³/mol. The van der Waals surface area contributed by atoms with Gasteiger partial charge in [-0.15, -0.1) is 0 Å². The van der Waals surface area contributed by atoms with Gasteiger partial charge in [0.1, 0.15) is 122 Å². The molecule has 0 aliphatic carbocycles. The number of hydrogen-bond donors (Lipinski definition) is 17. The molecule has 5 aliphatic rings. The molecule has 0 aromatic heterocycles. The van der Waals surface area contributed by atoms with Crippen LogP contribution in [0.15, 0.2) is 0 Å². The van der Waals surface area contributed by atoms with Crippen molar-refractivity contribution in [1.82, 2.24) is 0 Å². The van der Waals surface area contributed by atoms with Gasteiger partial charge in [0.15, 0.2) is 31.5 Å². The molecule has 0 spiro atoms. The monoisotopic (exact) mass is 828 g/mol. The van der Waals surface area contributed by atoms with Crippen LogP contribution in [0.4, 0.5) is 0 Å². The Labute approximate surface area is 316 Å². The van der Waals surface area contributed by atoms with Gasteiger partial charge in [-0.1, -0.05) is 0 Å². The Morgan fingerprint density at radius 3 is 0.821 bits per heavy atom. The van der Waals surface area contributed by atoms with Crippen molar-refractivity contribution < 1.29 is 129 Å². The molecule has 5 saturated heterocycles. The lowest BCUT2D eigenvalue weighted by atomic mass is 9.95. The van der Waals surface area contributed by atoms with Gasteiger partial charge in [-0.2, -0.15) is 0 Å². The maximum atomic E-state index is 11.1. The average Bonchev–Trinajstić information content (AvgIpc) is 3.19. The zero-order valence-electron chi connectivity index (χ0n) is 29.2. The summed E-state index contributed by atoms with van der Waals surface area (Å²) in [5, 5.41) is 176. The fourth-order valence-electron chi connectivity index (χ4n) is 7.03. The van der Waals surface area contributed by atoms with E-state index in [0.717, 1.165) is 0 Å². The Morgan fingerprint density at radius 2 is 0.518 bits per heavy atom. The quantitative estimate of drug-likeness (QED) is 0.0819. The van der Waals surface area contributed by atoms with Crippen molar-refractivity contribution in [2.45, 2.75) is 154 Å². The van der Waals surface area contributed by atoms with E-state index in [1.807, 2.05) is 0 Å². The first-order valence-electron chi connectivity index (χ1n) is 17.6. The molecule has 5 heterocycles. The highest BCUT2D eigenvalue weighted by atomic mass is 16.8. The summed E-state index contributed by atoms with van der Waals surface area (Å²) in [5.74, 6) is 0. The van der Waals surface area contributed by atoms with Gasteiger partial charge in [-0.25, -0.2) is 0 Å². The second-order valence-electron chi connectivity index (χ2n) is 13.9. The van der Waals surface area contributed by atoms with Gasteiger partial charge in [-0.3, -0.25) is 0 Å². The van der Waals surface area contributed by atoms with Crippen LogP contribution in [-0.4, -0.2) is 273 Å². The molecule has 5 rings (SSSR count). The minimum absolute atomic E-state index is 0.811. The molecule has 26 nitrogen and oxygen atoms in total. The Balaban J connectivity index is 1.22. The van der Waals surface area contributed by atoms with Crippen molar-refractivity contribution in [2.24, 2.45) is 0 Å². The highest BCUT2D eigenvalue weighted by molar-refractivity contribution is 4.99. The summed E-state index contributed by atoms with van der Waals surface area (Å²) in [4.78, 5) is 0. The molecule has 5 aliphatic heterocycles. The van der Waals surface area contributed by atoms with E-state index in [-0.39, 0.29) is 0 Å². The highest BCUT2D eigenvalue weighted by Gasteiger charge is 2.56. The summed E-state index contributed by atoms with van der Waals surface area (Å²) in [6.07, 6.45) is -45.8. The molecular weight excluding hydrogens is 776 g/mol. The molecule has 26 heteroatoms. The Kier molecular flexibility index (Phi) is 16.1. The largest absolute Gasteiger partial charge is 0.394 e. The van der Waals surface area contributed by atoms with Gasteiger partial charge in [0.2, 0.25) is 0 Å². The van der Waals surface area contributed by atoms with Crippen LogP contribution in [0.2, 0.25) is 0 Å². The van der Waals surface area contributed by atoms with Gasteiger partial charge in [-0.05, 0) is 0 Å². The maximum Gasteiger partial charge on any atom is 0.187 e. The zero-order chi connectivity index (χ0) is 41.3. The first-order chi connectivity index (χ1) is 26.5. The smallest absolute Gasteiger partial charge is 0.187 e. The molecule has 56 heavy (non-hydrogen) atoms. The van der Waals surface area contributed by atoms with E-state index in [9.17, 15) is 86.8 Å². The van der Waals surface area contributed by atoms with Crippen molar-refractivity contribution in [3.63, 3.8) is 0 Å². The minimum Gasteiger partial charge on any atom is -0.394 e. The molecule has 0 radical (unpaired) electrons. The molecule has 5 fully saturated rings. The number of aliphatic hydroxyl groups is 17. The number of ether oxygens (including phenoxy) is 9. The molecule has 25 atom stereocenters. The molecule has 328 valence electrons. The van der Waals surface area contributed by atoms with Crippen molar-refractivity contribution >= 4 is 0 Å². The van der Waals surface area contributed by atoms with Crippen LogP contribution in [0.3, 0.4) is 0 Å². The van der Waals surface area contributed by atoms with Crippen LogP contribution in [-0.2, 0) is 42.6 Å². The summed E-state index contributed by atoms with van der Waals surface area (Å²) in [7, 11) is 0. The van der Waals surface area contributed by atoms with Crippen LogP contribution in [0.5, 0.6) is 0 Å². The molecule has 17 N–H and O–H groups in total. The first kappa shape index (κ1) is 46.0. The predicted octanol–water partition coefficient (Wildman–Crippen LogP) is -11.9.